The monoisotopic (exact) mass is 250 g/mol. The second-order valence-electron chi connectivity index (χ2n) is 5.09. The third-order valence-corrected chi connectivity index (χ3v) is 3.99. The van der Waals surface area contributed by atoms with Crippen LogP contribution in [0.15, 0.2) is 54.6 Å². The number of nitrogens with zero attached hydrogens (tertiary/aromatic N) is 2. The highest BCUT2D eigenvalue weighted by Gasteiger charge is 2.42. The molecule has 2 heterocycles. The van der Waals surface area contributed by atoms with Crippen LogP contribution in [0.5, 0.6) is 0 Å². The molecule has 0 bridgehead atoms. The molecule has 19 heavy (non-hydrogen) atoms. The van der Waals surface area contributed by atoms with Gasteiger partial charge in [-0.3, -0.25) is 0 Å². The molecule has 2 aromatic rings. The maximum atomic E-state index is 3.64. The van der Waals surface area contributed by atoms with Crippen LogP contribution in [0.25, 0.3) is 0 Å². The molecule has 3 nitrogen and oxygen atoms in total. The minimum atomic E-state index is 0.226. The highest BCUT2D eigenvalue weighted by atomic mass is 15.7. The van der Waals surface area contributed by atoms with Crippen molar-refractivity contribution >= 4 is 5.84 Å². The maximum Gasteiger partial charge on any atom is 0.303 e. The first kappa shape index (κ1) is 10.6. The van der Waals surface area contributed by atoms with E-state index < -0.39 is 0 Å². The summed E-state index contributed by atoms with van der Waals surface area (Å²) in [7, 11) is 2.14. The summed E-state index contributed by atoms with van der Waals surface area (Å²) in [6.07, 6.45) is 0.226. The van der Waals surface area contributed by atoms with Crippen LogP contribution in [-0.4, -0.2) is 22.6 Å². The Morgan fingerprint density at radius 2 is 1.79 bits per heavy atom. The lowest BCUT2D eigenvalue weighted by Gasteiger charge is -2.19. The second kappa shape index (κ2) is 3.85. The molecular weight excluding hydrogens is 234 g/mol. The van der Waals surface area contributed by atoms with E-state index in [9.17, 15) is 0 Å². The first-order valence-electron chi connectivity index (χ1n) is 6.61. The fourth-order valence-corrected chi connectivity index (χ4v) is 2.99. The predicted molar refractivity (Wildman–Crippen MR) is 74.6 cm³/mol. The van der Waals surface area contributed by atoms with Gasteiger partial charge in [-0.1, -0.05) is 48.5 Å². The van der Waals surface area contributed by atoms with Gasteiger partial charge in [0.05, 0.1) is 5.56 Å². The Hall–Kier alpha value is -2.29. The molecule has 0 saturated carbocycles. The molecule has 1 unspecified atom stereocenters. The van der Waals surface area contributed by atoms with Crippen LogP contribution in [0.1, 0.15) is 22.9 Å². The van der Waals surface area contributed by atoms with Gasteiger partial charge in [0.25, 0.3) is 0 Å². The number of hydrogen-bond donors (Lipinski definition) is 1. The van der Waals surface area contributed by atoms with Crippen molar-refractivity contribution in [3.63, 3.8) is 0 Å². The van der Waals surface area contributed by atoms with E-state index >= 15 is 0 Å². The van der Waals surface area contributed by atoms with Gasteiger partial charge in [-0.15, -0.1) is 0 Å². The number of rotatable bonds is 1. The third-order valence-electron chi connectivity index (χ3n) is 3.99. The number of hydrogen-bond acceptors (Lipinski definition) is 2. The van der Waals surface area contributed by atoms with E-state index in [2.05, 4.69) is 76.7 Å². The summed E-state index contributed by atoms with van der Waals surface area (Å²) in [5, 5.41) is 5.93. The van der Waals surface area contributed by atoms with E-state index in [1.807, 2.05) is 0 Å². The zero-order valence-electron chi connectivity index (χ0n) is 10.9. The third kappa shape index (κ3) is 1.48. The SMILES string of the molecule is CN1C(c2ccccc2)NC2=[N+]1Cc1ccccc12. The quantitative estimate of drug-likeness (QED) is 0.781. The molecule has 2 aromatic carbocycles. The van der Waals surface area contributed by atoms with Gasteiger partial charge in [0.15, 0.2) is 0 Å². The first-order valence-corrected chi connectivity index (χ1v) is 6.61. The summed E-state index contributed by atoms with van der Waals surface area (Å²) in [6.45, 7) is 0.957. The molecule has 0 radical (unpaired) electrons. The van der Waals surface area contributed by atoms with Crippen molar-refractivity contribution in [3.8, 4) is 0 Å². The van der Waals surface area contributed by atoms with Gasteiger partial charge in [-0.25, -0.2) is 10.3 Å². The van der Waals surface area contributed by atoms with E-state index in [0.717, 1.165) is 6.54 Å². The van der Waals surface area contributed by atoms with Gasteiger partial charge in [-0.2, -0.15) is 4.68 Å². The van der Waals surface area contributed by atoms with Crippen molar-refractivity contribution in [2.24, 2.45) is 0 Å². The number of amidine groups is 1. The molecule has 0 aromatic heterocycles. The summed E-state index contributed by atoms with van der Waals surface area (Å²) >= 11 is 0. The number of hydrazone groups is 1. The summed E-state index contributed by atoms with van der Waals surface area (Å²) in [5.74, 6) is 1.23. The zero-order valence-corrected chi connectivity index (χ0v) is 10.9. The maximum absolute atomic E-state index is 3.64. The van der Waals surface area contributed by atoms with Gasteiger partial charge < -0.3 is 0 Å². The average Bonchev–Trinajstić information content (AvgIpc) is 2.98. The van der Waals surface area contributed by atoms with Crippen molar-refractivity contribution in [2.45, 2.75) is 12.7 Å². The van der Waals surface area contributed by atoms with Crippen molar-refractivity contribution in [1.82, 2.24) is 10.3 Å². The van der Waals surface area contributed by atoms with Gasteiger partial charge in [0.1, 0.15) is 6.54 Å². The largest absolute Gasteiger partial charge is 0.303 e. The Balaban J connectivity index is 1.72. The molecule has 0 amide bonds. The molecule has 0 fully saturated rings. The lowest BCUT2D eigenvalue weighted by atomic mass is 10.1. The topological polar surface area (TPSA) is 18.3 Å². The zero-order chi connectivity index (χ0) is 12.8. The average molecular weight is 250 g/mol. The fraction of sp³-hybridized carbons (Fsp3) is 0.188. The van der Waals surface area contributed by atoms with Crippen LogP contribution in [0.2, 0.25) is 0 Å². The second-order valence-corrected chi connectivity index (χ2v) is 5.09. The Morgan fingerprint density at radius 3 is 2.63 bits per heavy atom. The van der Waals surface area contributed by atoms with Gasteiger partial charge in [0, 0.05) is 18.2 Å². The van der Waals surface area contributed by atoms with Crippen LogP contribution in [0, 0.1) is 0 Å². The number of hydrazine groups is 1. The van der Waals surface area contributed by atoms with E-state index in [-0.39, 0.29) is 6.17 Å². The molecule has 4 rings (SSSR count). The molecular formula is C16H16N3+. The molecule has 0 aliphatic carbocycles. The van der Waals surface area contributed by atoms with Gasteiger partial charge >= 0.3 is 5.84 Å². The molecule has 2 aliphatic heterocycles. The number of fused-ring (bicyclic) bond motifs is 2. The van der Waals surface area contributed by atoms with E-state index in [4.69, 9.17) is 0 Å². The van der Waals surface area contributed by atoms with Gasteiger partial charge in [-0.05, 0) is 6.07 Å². The summed E-state index contributed by atoms with van der Waals surface area (Å²) in [4.78, 5) is 0. The number of benzene rings is 2. The fourth-order valence-electron chi connectivity index (χ4n) is 2.99. The highest BCUT2D eigenvalue weighted by Crippen LogP contribution is 2.28. The summed E-state index contributed by atoms with van der Waals surface area (Å²) in [5.41, 5.74) is 4.01. The molecule has 3 heteroatoms. The molecule has 2 aliphatic rings. The van der Waals surface area contributed by atoms with Crippen molar-refractivity contribution in [2.75, 3.05) is 7.05 Å². The Morgan fingerprint density at radius 1 is 1.05 bits per heavy atom. The van der Waals surface area contributed by atoms with Gasteiger partial charge in [0.2, 0.25) is 6.17 Å². The minimum absolute atomic E-state index is 0.226. The smallest absolute Gasteiger partial charge is 0.244 e. The Kier molecular flexibility index (Phi) is 2.15. The first-order chi connectivity index (χ1) is 9.34. The standard InChI is InChI=1S/C16H15N3/c1-18-15(12-7-3-2-4-8-12)17-16-14-10-6-5-9-13(14)11-19(16)18/h2-10,15H,11H2,1H3/p+1. The predicted octanol–water partition coefficient (Wildman–Crippen LogP) is 2.11. The van der Waals surface area contributed by atoms with E-state index in [1.165, 1.54) is 22.5 Å². The van der Waals surface area contributed by atoms with Crippen LogP contribution >= 0.6 is 0 Å². The summed E-state index contributed by atoms with van der Waals surface area (Å²) in [6, 6.07) is 19.2. The molecule has 0 saturated heterocycles. The molecule has 94 valence electrons. The highest BCUT2D eigenvalue weighted by molar-refractivity contribution is 5.98. The Bertz CT molecular complexity index is 661. The van der Waals surface area contributed by atoms with Crippen molar-refractivity contribution in [3.05, 3.63) is 71.3 Å². The lowest BCUT2D eigenvalue weighted by Crippen LogP contribution is -2.32. The molecule has 0 spiro atoms. The van der Waals surface area contributed by atoms with Crippen molar-refractivity contribution in [1.29, 1.82) is 0 Å². The molecule has 1 N–H and O–H groups in total. The lowest BCUT2D eigenvalue weighted by molar-refractivity contribution is -0.693. The van der Waals surface area contributed by atoms with E-state index in [0.29, 0.717) is 0 Å². The van der Waals surface area contributed by atoms with Crippen LogP contribution in [0.4, 0.5) is 0 Å². The molecule has 1 atom stereocenters. The normalized spacial score (nSPS) is 20.3. The van der Waals surface area contributed by atoms with Crippen molar-refractivity contribution < 1.29 is 4.68 Å². The Labute approximate surface area is 112 Å². The van der Waals surface area contributed by atoms with E-state index in [1.54, 1.807) is 0 Å². The minimum Gasteiger partial charge on any atom is -0.244 e. The van der Waals surface area contributed by atoms with Crippen LogP contribution < -0.4 is 5.32 Å². The van der Waals surface area contributed by atoms with Crippen LogP contribution in [0.3, 0.4) is 0 Å². The van der Waals surface area contributed by atoms with Crippen LogP contribution in [-0.2, 0) is 6.54 Å². The summed E-state index contributed by atoms with van der Waals surface area (Å²) < 4.78 is 2.32. The number of nitrogens with one attached hydrogen (secondary N) is 1.